The number of nitrogens with zero attached hydrogens (tertiary/aromatic N) is 3. The van der Waals surface area contributed by atoms with Crippen molar-refractivity contribution < 1.29 is 4.79 Å². The van der Waals surface area contributed by atoms with Gasteiger partial charge in [-0.15, -0.1) is 4.91 Å². The summed E-state index contributed by atoms with van der Waals surface area (Å²) in [5.41, 5.74) is 2.31. The van der Waals surface area contributed by atoms with Gasteiger partial charge in [-0.25, -0.2) is 4.98 Å². The SMILES string of the molecule is O=Cc1nc2ccccc2n2c(N=O)ccc12. The Bertz CT molecular complexity index is 746. The normalized spacial score (nSPS) is 10.8. The Hall–Kier alpha value is -2.56. The van der Waals surface area contributed by atoms with Crippen LogP contribution in [0.3, 0.4) is 0 Å². The lowest BCUT2D eigenvalue weighted by Crippen LogP contribution is -1.96. The molecule has 0 amide bonds. The van der Waals surface area contributed by atoms with Gasteiger partial charge in [-0.05, 0) is 29.4 Å². The van der Waals surface area contributed by atoms with Crippen LogP contribution in [0.2, 0.25) is 0 Å². The van der Waals surface area contributed by atoms with Crippen LogP contribution in [0.1, 0.15) is 10.5 Å². The molecule has 0 spiro atoms. The minimum absolute atomic E-state index is 0.265. The van der Waals surface area contributed by atoms with Crippen molar-refractivity contribution in [2.24, 2.45) is 5.18 Å². The van der Waals surface area contributed by atoms with Crippen LogP contribution in [0.5, 0.6) is 0 Å². The molecule has 2 heterocycles. The molecule has 82 valence electrons. The van der Waals surface area contributed by atoms with E-state index in [9.17, 15) is 9.70 Å². The molecule has 3 aromatic rings. The molecule has 3 rings (SSSR count). The molecule has 17 heavy (non-hydrogen) atoms. The number of carbonyl (C=O) groups is 1. The number of hydrogen-bond donors (Lipinski definition) is 0. The molecule has 5 heteroatoms. The lowest BCUT2D eigenvalue weighted by Gasteiger charge is -2.04. The van der Waals surface area contributed by atoms with E-state index in [2.05, 4.69) is 10.2 Å². The average molecular weight is 225 g/mol. The van der Waals surface area contributed by atoms with Crippen molar-refractivity contribution in [2.75, 3.05) is 0 Å². The Morgan fingerprint density at radius 2 is 1.94 bits per heavy atom. The maximum absolute atomic E-state index is 11.0. The van der Waals surface area contributed by atoms with E-state index >= 15 is 0 Å². The summed E-state index contributed by atoms with van der Waals surface area (Å²) in [5.74, 6) is 0.265. The van der Waals surface area contributed by atoms with Crippen LogP contribution in [0, 0.1) is 4.91 Å². The molecule has 2 aromatic heterocycles. The summed E-state index contributed by atoms with van der Waals surface area (Å²) < 4.78 is 1.64. The van der Waals surface area contributed by atoms with E-state index in [0.717, 1.165) is 5.52 Å². The van der Waals surface area contributed by atoms with Crippen LogP contribution in [-0.2, 0) is 0 Å². The first-order valence-electron chi connectivity index (χ1n) is 5.04. The monoisotopic (exact) mass is 225 g/mol. The van der Waals surface area contributed by atoms with Crippen molar-refractivity contribution in [3.05, 3.63) is 47.0 Å². The zero-order chi connectivity index (χ0) is 11.8. The molecule has 0 aliphatic rings. The van der Waals surface area contributed by atoms with Crippen molar-refractivity contribution in [3.8, 4) is 0 Å². The number of hydrogen-bond acceptors (Lipinski definition) is 4. The van der Waals surface area contributed by atoms with Crippen molar-refractivity contribution in [2.45, 2.75) is 0 Å². The Balaban J connectivity index is 2.63. The third-order valence-electron chi connectivity index (χ3n) is 2.69. The third kappa shape index (κ3) is 1.25. The minimum atomic E-state index is 0.265. The fourth-order valence-electron chi connectivity index (χ4n) is 1.97. The molecule has 1 aromatic carbocycles. The predicted molar refractivity (Wildman–Crippen MR) is 63.5 cm³/mol. The van der Waals surface area contributed by atoms with Gasteiger partial charge in [0.25, 0.3) is 0 Å². The summed E-state index contributed by atoms with van der Waals surface area (Å²) in [6.07, 6.45) is 0.677. The maximum atomic E-state index is 11.0. The molecule has 0 atom stereocenters. The molecule has 0 saturated carbocycles. The van der Waals surface area contributed by atoms with Gasteiger partial charge >= 0.3 is 0 Å². The number of fused-ring (bicyclic) bond motifs is 3. The van der Waals surface area contributed by atoms with Crippen LogP contribution in [-0.4, -0.2) is 15.7 Å². The van der Waals surface area contributed by atoms with E-state index in [0.29, 0.717) is 23.0 Å². The molecule has 0 radical (unpaired) electrons. The maximum Gasteiger partial charge on any atom is 0.182 e. The van der Waals surface area contributed by atoms with Gasteiger partial charge in [-0.3, -0.25) is 9.20 Å². The molecule has 0 fully saturated rings. The highest BCUT2D eigenvalue weighted by Gasteiger charge is 2.11. The van der Waals surface area contributed by atoms with E-state index in [1.54, 1.807) is 22.6 Å². The Morgan fingerprint density at radius 1 is 1.12 bits per heavy atom. The molecule has 0 unspecified atom stereocenters. The number of carbonyl (C=O) groups excluding carboxylic acids is 1. The molecule has 0 aliphatic carbocycles. The third-order valence-corrected chi connectivity index (χ3v) is 2.69. The molecule has 0 bridgehead atoms. The average Bonchev–Trinajstić information content (AvgIpc) is 2.82. The van der Waals surface area contributed by atoms with Crippen molar-refractivity contribution in [3.63, 3.8) is 0 Å². The second kappa shape index (κ2) is 3.48. The molecular formula is C12H7N3O2. The Labute approximate surface area is 95.7 Å². The van der Waals surface area contributed by atoms with E-state index in [-0.39, 0.29) is 5.82 Å². The number of aromatic nitrogens is 2. The number of rotatable bonds is 2. The molecule has 5 nitrogen and oxygen atoms in total. The van der Waals surface area contributed by atoms with Crippen molar-refractivity contribution >= 4 is 28.7 Å². The lowest BCUT2D eigenvalue weighted by atomic mass is 10.2. The number of para-hydroxylation sites is 2. The quantitative estimate of drug-likeness (QED) is 0.497. The highest BCUT2D eigenvalue weighted by molar-refractivity contribution is 5.91. The van der Waals surface area contributed by atoms with E-state index in [4.69, 9.17) is 0 Å². The summed E-state index contributed by atoms with van der Waals surface area (Å²) in [7, 11) is 0. The second-order valence-corrected chi connectivity index (χ2v) is 3.61. The fourth-order valence-corrected chi connectivity index (χ4v) is 1.97. The van der Waals surface area contributed by atoms with Gasteiger partial charge < -0.3 is 0 Å². The van der Waals surface area contributed by atoms with Crippen molar-refractivity contribution in [1.82, 2.24) is 9.38 Å². The van der Waals surface area contributed by atoms with Crippen LogP contribution in [0.25, 0.3) is 16.6 Å². The van der Waals surface area contributed by atoms with Crippen LogP contribution < -0.4 is 0 Å². The van der Waals surface area contributed by atoms with Crippen LogP contribution in [0.4, 0.5) is 5.82 Å². The van der Waals surface area contributed by atoms with Gasteiger partial charge in [0.2, 0.25) is 0 Å². The Kier molecular flexibility index (Phi) is 1.98. The topological polar surface area (TPSA) is 63.8 Å². The van der Waals surface area contributed by atoms with Crippen molar-refractivity contribution in [1.29, 1.82) is 0 Å². The zero-order valence-electron chi connectivity index (χ0n) is 8.70. The van der Waals surface area contributed by atoms with E-state index < -0.39 is 0 Å². The summed E-state index contributed by atoms with van der Waals surface area (Å²) in [4.78, 5) is 26.0. The van der Waals surface area contributed by atoms with Gasteiger partial charge in [0.15, 0.2) is 12.1 Å². The highest BCUT2D eigenvalue weighted by Crippen LogP contribution is 2.25. The first-order chi connectivity index (χ1) is 8.35. The standard InChI is InChI=1S/C12H7N3O2/c16-7-9-11-5-6-12(14-17)15(11)10-4-2-1-3-8(10)13-9/h1-7H. The largest absolute Gasteiger partial charge is 0.296 e. The van der Waals surface area contributed by atoms with E-state index in [1.165, 1.54) is 0 Å². The highest BCUT2D eigenvalue weighted by atomic mass is 16.3. The summed E-state index contributed by atoms with van der Waals surface area (Å²) in [6, 6.07) is 10.5. The molecule has 0 saturated heterocycles. The number of nitroso groups, excluding NO2 is 1. The summed E-state index contributed by atoms with van der Waals surface area (Å²) >= 11 is 0. The number of aldehydes is 1. The van der Waals surface area contributed by atoms with Gasteiger partial charge in [0.1, 0.15) is 5.69 Å². The fraction of sp³-hybridized carbons (Fsp3) is 0. The summed E-state index contributed by atoms with van der Waals surface area (Å²) in [5, 5.41) is 2.95. The molecular weight excluding hydrogens is 218 g/mol. The van der Waals surface area contributed by atoms with E-state index in [1.807, 2.05) is 18.2 Å². The van der Waals surface area contributed by atoms with Gasteiger partial charge in [0, 0.05) is 0 Å². The minimum Gasteiger partial charge on any atom is -0.296 e. The van der Waals surface area contributed by atoms with Crippen LogP contribution >= 0.6 is 0 Å². The Morgan fingerprint density at radius 3 is 2.71 bits per heavy atom. The molecule has 0 aliphatic heterocycles. The van der Waals surface area contributed by atoms with Gasteiger partial charge in [-0.1, -0.05) is 12.1 Å². The second-order valence-electron chi connectivity index (χ2n) is 3.61. The van der Waals surface area contributed by atoms with Gasteiger partial charge in [0.05, 0.1) is 16.6 Å². The summed E-state index contributed by atoms with van der Waals surface area (Å²) in [6.45, 7) is 0. The van der Waals surface area contributed by atoms with Gasteiger partial charge in [-0.2, -0.15) is 0 Å². The molecule has 0 N–H and O–H groups in total. The van der Waals surface area contributed by atoms with Crippen LogP contribution in [0.15, 0.2) is 41.6 Å². The first-order valence-corrected chi connectivity index (χ1v) is 5.04. The lowest BCUT2D eigenvalue weighted by molar-refractivity contribution is 0.112. The predicted octanol–water partition coefficient (Wildman–Crippen LogP) is 2.70. The first kappa shape index (κ1) is 9.65. The number of benzene rings is 1. The zero-order valence-corrected chi connectivity index (χ0v) is 8.70. The smallest absolute Gasteiger partial charge is 0.182 e.